The van der Waals surface area contributed by atoms with Gasteiger partial charge in [0.15, 0.2) is 5.82 Å². The first-order valence-corrected chi connectivity index (χ1v) is 6.29. The van der Waals surface area contributed by atoms with Gasteiger partial charge < -0.3 is 4.74 Å². The molecule has 7 nitrogen and oxygen atoms in total. The van der Waals surface area contributed by atoms with E-state index < -0.39 is 0 Å². The average molecular weight is 283 g/mol. The van der Waals surface area contributed by atoms with Crippen LogP contribution >= 0.6 is 0 Å². The molecule has 0 spiro atoms. The third-order valence-electron chi connectivity index (χ3n) is 3.11. The van der Waals surface area contributed by atoms with Crippen molar-refractivity contribution in [3.63, 3.8) is 0 Å². The number of nitrogens with one attached hydrogen (secondary N) is 1. The van der Waals surface area contributed by atoms with E-state index in [9.17, 15) is 4.79 Å². The number of benzene rings is 1. The quantitative estimate of drug-likeness (QED) is 0.783. The Labute approximate surface area is 120 Å². The van der Waals surface area contributed by atoms with Gasteiger partial charge in [0.1, 0.15) is 11.4 Å². The fraction of sp³-hybridized carbons (Fsp3) is 0.143. The van der Waals surface area contributed by atoms with Gasteiger partial charge in [-0.3, -0.25) is 4.98 Å². The maximum absolute atomic E-state index is 12.1. The number of aryl methyl sites for hydroxylation is 1. The molecule has 0 atom stereocenters. The van der Waals surface area contributed by atoms with Crippen molar-refractivity contribution >= 4 is 0 Å². The maximum Gasteiger partial charge on any atom is 0.348 e. The van der Waals surface area contributed by atoms with Crippen molar-refractivity contribution in [1.82, 2.24) is 24.7 Å². The largest absolute Gasteiger partial charge is 0.497 e. The molecule has 2 aromatic heterocycles. The minimum atomic E-state index is -0.330. The van der Waals surface area contributed by atoms with E-state index >= 15 is 0 Å². The highest BCUT2D eigenvalue weighted by Crippen LogP contribution is 2.22. The van der Waals surface area contributed by atoms with Gasteiger partial charge in [0.05, 0.1) is 19.0 Å². The summed E-state index contributed by atoms with van der Waals surface area (Å²) in [7, 11) is 1.60. The number of aromatic amines is 1. The molecular formula is C14H13N5O2. The average Bonchev–Trinajstić information content (AvgIpc) is 2.89. The summed E-state index contributed by atoms with van der Waals surface area (Å²) in [4.78, 5) is 20.3. The molecule has 106 valence electrons. The number of hydrogen-bond acceptors (Lipinski definition) is 5. The van der Waals surface area contributed by atoms with Crippen LogP contribution in [0.1, 0.15) is 5.56 Å². The second kappa shape index (κ2) is 5.20. The van der Waals surface area contributed by atoms with Crippen LogP contribution < -0.4 is 10.4 Å². The predicted molar refractivity (Wildman–Crippen MR) is 76.5 cm³/mol. The van der Waals surface area contributed by atoms with Crippen LogP contribution in [0, 0.1) is 6.92 Å². The monoisotopic (exact) mass is 283 g/mol. The third-order valence-corrected chi connectivity index (χ3v) is 3.11. The Hall–Kier alpha value is -2.96. The van der Waals surface area contributed by atoms with E-state index in [1.165, 1.54) is 4.57 Å². The molecule has 0 radical (unpaired) electrons. The Morgan fingerprint density at radius 3 is 2.81 bits per heavy atom. The number of methoxy groups -OCH3 is 1. The summed E-state index contributed by atoms with van der Waals surface area (Å²) in [5.41, 5.74) is 1.80. The lowest BCUT2D eigenvalue weighted by molar-refractivity contribution is 0.414. The second-order valence-electron chi connectivity index (χ2n) is 4.43. The second-order valence-corrected chi connectivity index (χ2v) is 4.43. The van der Waals surface area contributed by atoms with Crippen LogP contribution in [0.2, 0.25) is 0 Å². The van der Waals surface area contributed by atoms with E-state index in [0.717, 1.165) is 17.0 Å². The highest BCUT2D eigenvalue weighted by molar-refractivity contribution is 5.55. The Kier molecular flexibility index (Phi) is 3.23. The molecule has 0 aliphatic carbocycles. The molecule has 1 N–H and O–H groups in total. The lowest BCUT2D eigenvalue weighted by Gasteiger charge is -2.10. The topological polar surface area (TPSA) is 85.7 Å². The van der Waals surface area contributed by atoms with Gasteiger partial charge in [-0.2, -0.15) is 5.10 Å². The van der Waals surface area contributed by atoms with Crippen molar-refractivity contribution in [2.24, 2.45) is 0 Å². The highest BCUT2D eigenvalue weighted by Gasteiger charge is 2.15. The number of rotatable bonds is 3. The zero-order valence-corrected chi connectivity index (χ0v) is 11.6. The number of ether oxygens (including phenoxy) is 1. The lowest BCUT2D eigenvalue weighted by atomic mass is 10.2. The SMILES string of the molecule is COc1ccc(-n2c(-c3cnccn3)n[nH]c2=O)c(C)c1. The van der Waals surface area contributed by atoms with Gasteiger partial charge in [0, 0.05) is 12.4 Å². The van der Waals surface area contributed by atoms with Gasteiger partial charge >= 0.3 is 5.69 Å². The van der Waals surface area contributed by atoms with E-state index in [0.29, 0.717) is 11.5 Å². The highest BCUT2D eigenvalue weighted by atomic mass is 16.5. The molecule has 0 saturated heterocycles. The van der Waals surface area contributed by atoms with Crippen LogP contribution in [0.25, 0.3) is 17.2 Å². The van der Waals surface area contributed by atoms with Crippen molar-refractivity contribution in [1.29, 1.82) is 0 Å². The first kappa shape index (κ1) is 13.0. The van der Waals surface area contributed by atoms with Gasteiger partial charge in [-0.05, 0) is 30.7 Å². The molecule has 0 unspecified atom stereocenters. The number of H-pyrrole nitrogens is 1. The van der Waals surface area contributed by atoms with Crippen LogP contribution in [0.4, 0.5) is 0 Å². The third kappa shape index (κ3) is 2.29. The van der Waals surface area contributed by atoms with Crippen LogP contribution in [0.15, 0.2) is 41.6 Å². The molecular weight excluding hydrogens is 270 g/mol. The minimum absolute atomic E-state index is 0.330. The normalized spacial score (nSPS) is 10.6. The smallest absolute Gasteiger partial charge is 0.348 e. The molecule has 3 rings (SSSR count). The van der Waals surface area contributed by atoms with E-state index in [2.05, 4.69) is 20.2 Å². The summed E-state index contributed by atoms with van der Waals surface area (Å²) >= 11 is 0. The summed E-state index contributed by atoms with van der Waals surface area (Å²) in [6.07, 6.45) is 4.68. The summed E-state index contributed by atoms with van der Waals surface area (Å²) in [5.74, 6) is 1.15. The molecule has 0 saturated carbocycles. The first-order chi connectivity index (χ1) is 10.2. The fourth-order valence-electron chi connectivity index (χ4n) is 2.11. The molecule has 0 bridgehead atoms. The van der Waals surface area contributed by atoms with Gasteiger partial charge in [0.25, 0.3) is 0 Å². The number of hydrogen-bond donors (Lipinski definition) is 1. The molecule has 7 heteroatoms. The predicted octanol–water partition coefficient (Wildman–Crippen LogP) is 1.33. The minimum Gasteiger partial charge on any atom is -0.497 e. The summed E-state index contributed by atoms with van der Waals surface area (Å²) in [5, 5.41) is 6.49. The van der Waals surface area contributed by atoms with Crippen molar-refractivity contribution in [2.45, 2.75) is 6.92 Å². The molecule has 0 aliphatic rings. The molecule has 0 amide bonds. The Morgan fingerprint density at radius 1 is 1.29 bits per heavy atom. The van der Waals surface area contributed by atoms with Crippen LogP contribution in [0.5, 0.6) is 5.75 Å². The number of aromatic nitrogens is 5. The maximum atomic E-state index is 12.1. The molecule has 3 aromatic rings. The summed E-state index contributed by atoms with van der Waals surface area (Å²) in [6, 6.07) is 5.46. The van der Waals surface area contributed by atoms with Crippen molar-refractivity contribution in [3.8, 4) is 23.0 Å². The van der Waals surface area contributed by atoms with Crippen LogP contribution in [0.3, 0.4) is 0 Å². The zero-order valence-electron chi connectivity index (χ0n) is 11.6. The van der Waals surface area contributed by atoms with Crippen LogP contribution in [-0.4, -0.2) is 31.8 Å². The molecule has 0 aliphatic heterocycles. The Balaban J connectivity index is 2.20. The molecule has 21 heavy (non-hydrogen) atoms. The van der Waals surface area contributed by atoms with E-state index in [1.54, 1.807) is 31.8 Å². The van der Waals surface area contributed by atoms with Gasteiger partial charge in [-0.15, -0.1) is 0 Å². The molecule has 2 heterocycles. The lowest BCUT2D eigenvalue weighted by Crippen LogP contribution is -2.17. The van der Waals surface area contributed by atoms with Gasteiger partial charge in [-0.25, -0.2) is 19.4 Å². The van der Waals surface area contributed by atoms with Gasteiger partial charge in [-0.1, -0.05) is 0 Å². The summed E-state index contributed by atoms with van der Waals surface area (Å²) < 4.78 is 6.65. The molecule has 0 fully saturated rings. The fourth-order valence-corrected chi connectivity index (χ4v) is 2.11. The van der Waals surface area contributed by atoms with Crippen molar-refractivity contribution < 1.29 is 4.74 Å². The van der Waals surface area contributed by atoms with Crippen molar-refractivity contribution in [3.05, 3.63) is 52.8 Å². The van der Waals surface area contributed by atoms with E-state index in [4.69, 9.17) is 4.74 Å². The number of nitrogens with zero attached hydrogens (tertiary/aromatic N) is 4. The Bertz CT molecular complexity index is 823. The Morgan fingerprint density at radius 2 is 2.14 bits per heavy atom. The molecule has 1 aromatic carbocycles. The van der Waals surface area contributed by atoms with Crippen LogP contribution in [-0.2, 0) is 0 Å². The first-order valence-electron chi connectivity index (χ1n) is 6.29. The van der Waals surface area contributed by atoms with E-state index in [1.807, 2.05) is 19.1 Å². The standard InChI is InChI=1S/C14H13N5O2/c1-9-7-10(21-2)3-4-12(9)19-13(17-18-14(19)20)11-8-15-5-6-16-11/h3-8H,1-2H3,(H,18,20). The zero-order chi connectivity index (χ0) is 14.8. The van der Waals surface area contributed by atoms with E-state index in [-0.39, 0.29) is 5.69 Å². The van der Waals surface area contributed by atoms with Gasteiger partial charge in [0.2, 0.25) is 0 Å². The van der Waals surface area contributed by atoms with Crippen molar-refractivity contribution in [2.75, 3.05) is 7.11 Å². The summed E-state index contributed by atoms with van der Waals surface area (Å²) in [6.45, 7) is 1.90.